The third-order valence-corrected chi connectivity index (χ3v) is 3.66. The van der Waals surface area contributed by atoms with Gasteiger partial charge in [0.2, 0.25) is 5.91 Å². The first-order valence-corrected chi connectivity index (χ1v) is 6.44. The molecule has 0 radical (unpaired) electrons. The molecular weight excluding hydrogens is 232 g/mol. The molecule has 1 heterocycles. The van der Waals surface area contributed by atoms with E-state index in [2.05, 4.69) is 25.9 Å². The van der Waals surface area contributed by atoms with E-state index in [0.29, 0.717) is 11.7 Å². The molecule has 4 N–H and O–H groups in total. The largest absolute Gasteiger partial charge is 0.346 e. The van der Waals surface area contributed by atoms with E-state index < -0.39 is 0 Å². The van der Waals surface area contributed by atoms with Gasteiger partial charge in [-0.2, -0.15) is 5.21 Å². The van der Waals surface area contributed by atoms with Crippen LogP contribution in [0.4, 0.5) is 0 Å². The van der Waals surface area contributed by atoms with Gasteiger partial charge in [-0.05, 0) is 45.1 Å². The zero-order chi connectivity index (χ0) is 13.0. The fraction of sp³-hybridized carbons (Fsp3) is 0.818. The average molecular weight is 252 g/mol. The summed E-state index contributed by atoms with van der Waals surface area (Å²) in [6.07, 6.45) is 3.94. The van der Waals surface area contributed by atoms with Crippen molar-refractivity contribution >= 4 is 5.91 Å². The van der Waals surface area contributed by atoms with E-state index in [1.807, 2.05) is 6.92 Å². The van der Waals surface area contributed by atoms with E-state index in [-0.39, 0.29) is 17.9 Å². The number of tetrazole rings is 1. The van der Waals surface area contributed by atoms with Crippen molar-refractivity contribution in [2.75, 3.05) is 6.54 Å². The molecule has 1 aromatic rings. The third kappa shape index (κ3) is 3.04. The Balaban J connectivity index is 1.82. The molecule has 0 aliphatic heterocycles. The van der Waals surface area contributed by atoms with E-state index >= 15 is 0 Å². The second kappa shape index (κ2) is 5.90. The lowest BCUT2D eigenvalue weighted by Crippen LogP contribution is -2.36. The minimum atomic E-state index is -0.205. The number of rotatable bonds is 4. The van der Waals surface area contributed by atoms with Crippen LogP contribution in [0.3, 0.4) is 0 Å². The summed E-state index contributed by atoms with van der Waals surface area (Å²) in [6, 6.07) is -0.205. The standard InChI is InChI=1S/C11H20N6O/c1-7(10-14-16-17-15-10)13-11(18)9-4-2-8(6-12)3-5-9/h7-9H,2-6,12H2,1H3,(H,13,18)(H,14,15,16,17). The molecule has 1 aliphatic rings. The zero-order valence-corrected chi connectivity index (χ0v) is 10.6. The lowest BCUT2D eigenvalue weighted by molar-refractivity contribution is -0.126. The maximum Gasteiger partial charge on any atom is 0.223 e. The molecular formula is C11H20N6O. The van der Waals surface area contributed by atoms with Crippen LogP contribution < -0.4 is 11.1 Å². The molecule has 2 rings (SSSR count). The van der Waals surface area contributed by atoms with Crippen molar-refractivity contribution in [3.05, 3.63) is 5.82 Å². The summed E-state index contributed by atoms with van der Waals surface area (Å²) >= 11 is 0. The predicted molar refractivity (Wildman–Crippen MR) is 65.2 cm³/mol. The van der Waals surface area contributed by atoms with Gasteiger partial charge in [-0.15, -0.1) is 10.2 Å². The molecule has 1 unspecified atom stereocenters. The molecule has 18 heavy (non-hydrogen) atoms. The fourth-order valence-electron chi connectivity index (χ4n) is 2.41. The highest BCUT2D eigenvalue weighted by molar-refractivity contribution is 5.79. The summed E-state index contributed by atoms with van der Waals surface area (Å²) in [5.41, 5.74) is 5.64. The molecule has 1 saturated carbocycles. The van der Waals surface area contributed by atoms with Crippen molar-refractivity contribution in [3.63, 3.8) is 0 Å². The molecule has 1 aliphatic carbocycles. The van der Waals surface area contributed by atoms with Crippen LogP contribution >= 0.6 is 0 Å². The Morgan fingerprint density at radius 1 is 1.50 bits per heavy atom. The van der Waals surface area contributed by atoms with E-state index in [1.54, 1.807) is 0 Å². The van der Waals surface area contributed by atoms with Gasteiger partial charge in [0.1, 0.15) is 0 Å². The minimum absolute atomic E-state index is 0.0859. The quantitative estimate of drug-likeness (QED) is 0.706. The average Bonchev–Trinajstić information content (AvgIpc) is 2.92. The molecule has 7 nitrogen and oxygen atoms in total. The highest BCUT2D eigenvalue weighted by Crippen LogP contribution is 2.28. The smallest absolute Gasteiger partial charge is 0.223 e. The Morgan fingerprint density at radius 2 is 2.22 bits per heavy atom. The first kappa shape index (κ1) is 12.9. The number of carbonyl (C=O) groups is 1. The Bertz CT molecular complexity index is 371. The highest BCUT2D eigenvalue weighted by atomic mass is 16.1. The second-order valence-electron chi connectivity index (χ2n) is 4.95. The Labute approximate surface area is 106 Å². The molecule has 1 aromatic heterocycles. The Kier molecular flexibility index (Phi) is 4.24. The number of carbonyl (C=O) groups excluding carboxylic acids is 1. The highest BCUT2D eigenvalue weighted by Gasteiger charge is 2.27. The van der Waals surface area contributed by atoms with Gasteiger partial charge >= 0.3 is 0 Å². The maximum atomic E-state index is 12.1. The zero-order valence-electron chi connectivity index (χ0n) is 10.6. The SMILES string of the molecule is CC(NC(=O)C1CCC(CN)CC1)c1nn[nH]n1. The van der Waals surface area contributed by atoms with Gasteiger partial charge in [0, 0.05) is 5.92 Å². The number of nitrogens with zero attached hydrogens (tertiary/aromatic N) is 3. The molecule has 1 fully saturated rings. The van der Waals surface area contributed by atoms with Crippen molar-refractivity contribution < 1.29 is 4.79 Å². The van der Waals surface area contributed by atoms with E-state index in [4.69, 9.17) is 5.73 Å². The van der Waals surface area contributed by atoms with E-state index in [1.165, 1.54) is 0 Å². The van der Waals surface area contributed by atoms with Crippen LogP contribution in [0.15, 0.2) is 0 Å². The first-order valence-electron chi connectivity index (χ1n) is 6.44. The number of nitrogens with one attached hydrogen (secondary N) is 2. The summed E-state index contributed by atoms with van der Waals surface area (Å²) in [5.74, 6) is 1.28. The van der Waals surface area contributed by atoms with Crippen LogP contribution in [-0.4, -0.2) is 33.1 Å². The second-order valence-corrected chi connectivity index (χ2v) is 4.95. The molecule has 0 bridgehead atoms. The van der Waals surface area contributed by atoms with Crippen LogP contribution in [0.2, 0.25) is 0 Å². The van der Waals surface area contributed by atoms with Gasteiger partial charge < -0.3 is 11.1 Å². The number of hydrogen-bond acceptors (Lipinski definition) is 5. The molecule has 0 aromatic carbocycles. The summed E-state index contributed by atoms with van der Waals surface area (Å²) in [6.45, 7) is 2.59. The van der Waals surface area contributed by atoms with Crippen molar-refractivity contribution in [2.45, 2.75) is 38.6 Å². The van der Waals surface area contributed by atoms with Crippen LogP contribution in [0.1, 0.15) is 44.5 Å². The van der Waals surface area contributed by atoms with Gasteiger partial charge in [0.25, 0.3) is 0 Å². The predicted octanol–water partition coefficient (Wildman–Crippen LogP) is 0.142. The molecule has 1 amide bonds. The lowest BCUT2D eigenvalue weighted by Gasteiger charge is -2.27. The van der Waals surface area contributed by atoms with Crippen molar-refractivity contribution in [1.82, 2.24) is 25.9 Å². The Hall–Kier alpha value is -1.50. The van der Waals surface area contributed by atoms with Gasteiger partial charge in [-0.1, -0.05) is 5.21 Å². The van der Waals surface area contributed by atoms with Crippen LogP contribution in [0.25, 0.3) is 0 Å². The third-order valence-electron chi connectivity index (χ3n) is 3.66. The van der Waals surface area contributed by atoms with E-state index in [9.17, 15) is 4.79 Å². The van der Waals surface area contributed by atoms with Crippen LogP contribution in [0, 0.1) is 11.8 Å². The Morgan fingerprint density at radius 3 is 2.78 bits per heavy atom. The lowest BCUT2D eigenvalue weighted by atomic mass is 9.81. The first-order chi connectivity index (χ1) is 8.70. The normalized spacial score (nSPS) is 25.7. The van der Waals surface area contributed by atoms with Gasteiger partial charge in [0.15, 0.2) is 5.82 Å². The summed E-state index contributed by atoms with van der Waals surface area (Å²) in [5, 5.41) is 16.5. The summed E-state index contributed by atoms with van der Waals surface area (Å²) in [7, 11) is 0. The fourth-order valence-corrected chi connectivity index (χ4v) is 2.41. The molecule has 0 saturated heterocycles. The van der Waals surface area contributed by atoms with E-state index in [0.717, 1.165) is 32.2 Å². The number of H-pyrrole nitrogens is 1. The number of hydrogen-bond donors (Lipinski definition) is 3. The van der Waals surface area contributed by atoms with Gasteiger partial charge in [0.05, 0.1) is 6.04 Å². The summed E-state index contributed by atoms with van der Waals surface area (Å²) in [4.78, 5) is 12.1. The molecule has 100 valence electrons. The number of amides is 1. The van der Waals surface area contributed by atoms with Crippen molar-refractivity contribution in [1.29, 1.82) is 0 Å². The molecule has 0 spiro atoms. The maximum absolute atomic E-state index is 12.1. The van der Waals surface area contributed by atoms with Crippen molar-refractivity contribution in [2.24, 2.45) is 17.6 Å². The molecule has 7 heteroatoms. The van der Waals surface area contributed by atoms with Crippen LogP contribution in [-0.2, 0) is 4.79 Å². The summed E-state index contributed by atoms with van der Waals surface area (Å²) < 4.78 is 0. The topological polar surface area (TPSA) is 110 Å². The van der Waals surface area contributed by atoms with Crippen LogP contribution in [0.5, 0.6) is 0 Å². The van der Waals surface area contributed by atoms with Gasteiger partial charge in [-0.25, -0.2) is 0 Å². The minimum Gasteiger partial charge on any atom is -0.346 e. The number of aromatic nitrogens is 4. The van der Waals surface area contributed by atoms with Gasteiger partial charge in [-0.3, -0.25) is 4.79 Å². The monoisotopic (exact) mass is 252 g/mol. The van der Waals surface area contributed by atoms with Crippen molar-refractivity contribution in [3.8, 4) is 0 Å². The number of nitrogens with two attached hydrogens (primary N) is 1. The number of aromatic amines is 1. The molecule has 1 atom stereocenters.